The Bertz CT molecular complexity index is 815. The summed E-state index contributed by atoms with van der Waals surface area (Å²) < 4.78 is 11.0. The molecule has 0 bridgehead atoms. The van der Waals surface area contributed by atoms with Gasteiger partial charge in [-0.25, -0.2) is 0 Å². The van der Waals surface area contributed by atoms with Crippen molar-refractivity contribution in [3.63, 3.8) is 0 Å². The number of allylic oxidation sites excluding steroid dienone is 13. The van der Waals surface area contributed by atoms with E-state index in [1.54, 1.807) is 0 Å². The highest BCUT2D eigenvalue weighted by molar-refractivity contribution is 5.69. The van der Waals surface area contributed by atoms with Gasteiger partial charge in [-0.1, -0.05) is 137 Å². The van der Waals surface area contributed by atoms with Crippen molar-refractivity contribution in [3.05, 3.63) is 85.1 Å². The molecule has 4 nitrogen and oxygen atoms in total. The summed E-state index contributed by atoms with van der Waals surface area (Å²) in [4.78, 5) is 12.1. The third kappa shape index (κ3) is 34.1. The summed E-state index contributed by atoms with van der Waals surface area (Å²) in [7, 11) is 0. The van der Waals surface area contributed by atoms with E-state index in [9.17, 15) is 9.90 Å². The zero-order valence-corrected chi connectivity index (χ0v) is 28.4. The smallest absolute Gasteiger partial charge is 0.306 e. The summed E-state index contributed by atoms with van der Waals surface area (Å²) in [5.41, 5.74) is 0. The summed E-state index contributed by atoms with van der Waals surface area (Å²) in [6.45, 7) is 4.97. The lowest BCUT2D eigenvalue weighted by atomic mass is 10.1. The number of ether oxygens (including phenoxy) is 2. The Kier molecular flexibility index (Phi) is 34.7. The Labute approximate surface area is 271 Å². The molecule has 0 heterocycles. The maximum Gasteiger partial charge on any atom is 0.306 e. The van der Waals surface area contributed by atoms with Crippen LogP contribution in [0.3, 0.4) is 0 Å². The maximum absolute atomic E-state index is 12.1. The molecule has 0 saturated carbocycles. The molecule has 44 heavy (non-hydrogen) atoms. The van der Waals surface area contributed by atoms with E-state index < -0.39 is 6.10 Å². The highest BCUT2D eigenvalue weighted by Crippen LogP contribution is 2.10. The predicted molar refractivity (Wildman–Crippen MR) is 191 cm³/mol. The Balaban J connectivity index is 3.64. The van der Waals surface area contributed by atoms with Crippen LogP contribution in [0.15, 0.2) is 85.1 Å². The number of esters is 1. The van der Waals surface area contributed by atoms with E-state index in [1.165, 1.54) is 44.9 Å². The van der Waals surface area contributed by atoms with E-state index in [0.29, 0.717) is 13.0 Å². The molecule has 4 heteroatoms. The first-order valence-corrected chi connectivity index (χ1v) is 17.7. The number of aliphatic hydroxyl groups is 1. The number of hydrogen-bond donors (Lipinski definition) is 1. The minimum Gasteiger partial charge on any atom is -0.457 e. The van der Waals surface area contributed by atoms with Crippen molar-refractivity contribution in [1.29, 1.82) is 0 Å². The fourth-order valence-electron chi connectivity index (χ4n) is 4.36. The number of carbonyl (C=O) groups is 1. The summed E-state index contributed by atoms with van der Waals surface area (Å²) in [5, 5.41) is 9.53. The lowest BCUT2D eigenvalue weighted by molar-refractivity contribution is -0.154. The summed E-state index contributed by atoms with van der Waals surface area (Å²) in [5.74, 6) is -0.244. The molecule has 0 aromatic rings. The van der Waals surface area contributed by atoms with Crippen LogP contribution in [0, 0.1) is 0 Å². The second-order valence-corrected chi connectivity index (χ2v) is 11.2. The van der Waals surface area contributed by atoms with Crippen LogP contribution in [-0.4, -0.2) is 37.0 Å². The van der Waals surface area contributed by atoms with Crippen LogP contribution >= 0.6 is 0 Å². The number of rotatable bonds is 31. The SMILES string of the molecule is CC/C=C\C/C=C\C/C=C\C/C=C\C/C=C\CCOCC(CO)OC(=O)CCCCCCC/C=C\C/C=C\CCCCCC. The first kappa shape index (κ1) is 41.6. The molecule has 0 aliphatic rings. The fraction of sp³-hybridized carbons (Fsp3) is 0.625. The minimum absolute atomic E-state index is 0.213. The van der Waals surface area contributed by atoms with E-state index in [1.807, 2.05) is 0 Å². The van der Waals surface area contributed by atoms with Crippen LogP contribution in [0.25, 0.3) is 0 Å². The van der Waals surface area contributed by atoms with Crippen LogP contribution in [0.1, 0.15) is 136 Å². The van der Waals surface area contributed by atoms with E-state index in [-0.39, 0.29) is 19.2 Å². The minimum atomic E-state index is -0.585. The second-order valence-electron chi connectivity index (χ2n) is 11.2. The first-order chi connectivity index (χ1) is 21.7. The molecule has 1 N–H and O–H groups in total. The van der Waals surface area contributed by atoms with Gasteiger partial charge in [0, 0.05) is 6.42 Å². The fourth-order valence-corrected chi connectivity index (χ4v) is 4.36. The number of hydrogen-bond acceptors (Lipinski definition) is 4. The third-order valence-electron chi connectivity index (χ3n) is 6.97. The van der Waals surface area contributed by atoms with Crippen molar-refractivity contribution < 1.29 is 19.4 Å². The highest BCUT2D eigenvalue weighted by atomic mass is 16.6. The van der Waals surface area contributed by atoms with E-state index in [4.69, 9.17) is 9.47 Å². The van der Waals surface area contributed by atoms with Gasteiger partial charge in [-0.3, -0.25) is 4.79 Å². The monoisotopic (exact) mass is 610 g/mol. The van der Waals surface area contributed by atoms with Crippen LogP contribution in [-0.2, 0) is 14.3 Å². The maximum atomic E-state index is 12.1. The van der Waals surface area contributed by atoms with Gasteiger partial charge in [-0.2, -0.15) is 0 Å². The first-order valence-electron chi connectivity index (χ1n) is 17.7. The number of carbonyl (C=O) groups excluding carboxylic acids is 1. The van der Waals surface area contributed by atoms with Crippen LogP contribution in [0.4, 0.5) is 0 Å². The van der Waals surface area contributed by atoms with Crippen LogP contribution in [0.2, 0.25) is 0 Å². The Morgan fingerprint density at radius 3 is 1.55 bits per heavy atom. The predicted octanol–water partition coefficient (Wildman–Crippen LogP) is 11.3. The van der Waals surface area contributed by atoms with Crippen molar-refractivity contribution in [2.24, 2.45) is 0 Å². The van der Waals surface area contributed by atoms with Crippen molar-refractivity contribution in [2.45, 2.75) is 142 Å². The molecular weight excluding hydrogens is 544 g/mol. The van der Waals surface area contributed by atoms with Crippen LogP contribution < -0.4 is 0 Å². The largest absolute Gasteiger partial charge is 0.457 e. The number of aliphatic hydroxyl groups excluding tert-OH is 1. The van der Waals surface area contributed by atoms with E-state index in [0.717, 1.165) is 70.6 Å². The average molecular weight is 611 g/mol. The van der Waals surface area contributed by atoms with Crippen molar-refractivity contribution in [2.75, 3.05) is 19.8 Å². The zero-order chi connectivity index (χ0) is 32.0. The molecule has 0 aromatic carbocycles. The molecule has 0 rings (SSSR count). The van der Waals surface area contributed by atoms with Gasteiger partial charge in [0.1, 0.15) is 6.10 Å². The molecule has 0 radical (unpaired) electrons. The van der Waals surface area contributed by atoms with Crippen LogP contribution in [0.5, 0.6) is 0 Å². The van der Waals surface area contributed by atoms with Gasteiger partial charge in [0.25, 0.3) is 0 Å². The lowest BCUT2D eigenvalue weighted by Crippen LogP contribution is -2.27. The average Bonchev–Trinajstić information content (AvgIpc) is 3.03. The van der Waals surface area contributed by atoms with Gasteiger partial charge in [-0.05, 0) is 77.0 Å². The molecule has 0 saturated heterocycles. The van der Waals surface area contributed by atoms with E-state index in [2.05, 4.69) is 98.9 Å². The van der Waals surface area contributed by atoms with Gasteiger partial charge < -0.3 is 14.6 Å². The molecule has 0 amide bonds. The molecule has 0 aliphatic heterocycles. The van der Waals surface area contributed by atoms with Gasteiger partial charge in [0.2, 0.25) is 0 Å². The standard InChI is InChI=1S/C40H66O4/c1-3-5-7-9-11-13-15-17-19-21-23-25-27-29-31-33-35-40(42)44-39(37-41)38-43-36-34-32-30-28-26-24-22-20-18-16-14-12-10-8-6-4-2/h6,8,12-15,18-21,24,26,30,32,39,41H,3-5,7,9-11,16-17,22-23,25,27-29,31,33-38H2,1-2H3/b8-6-,14-12-,15-13-,20-18-,21-19-,26-24-,32-30-. The lowest BCUT2D eigenvalue weighted by Gasteiger charge is -2.15. The summed E-state index contributed by atoms with van der Waals surface area (Å²) in [6, 6.07) is 0. The normalized spacial score (nSPS) is 13.4. The summed E-state index contributed by atoms with van der Waals surface area (Å²) in [6.07, 6.45) is 50.6. The van der Waals surface area contributed by atoms with Gasteiger partial charge in [0.05, 0.1) is 19.8 Å². The van der Waals surface area contributed by atoms with Crippen molar-refractivity contribution in [1.82, 2.24) is 0 Å². The molecule has 1 unspecified atom stereocenters. The number of unbranched alkanes of at least 4 members (excludes halogenated alkanes) is 9. The molecule has 0 aromatic heterocycles. The summed E-state index contributed by atoms with van der Waals surface area (Å²) >= 11 is 0. The molecule has 0 fully saturated rings. The Morgan fingerprint density at radius 1 is 0.568 bits per heavy atom. The van der Waals surface area contributed by atoms with Crippen molar-refractivity contribution in [3.8, 4) is 0 Å². The molecule has 250 valence electrons. The topological polar surface area (TPSA) is 55.8 Å². The Morgan fingerprint density at radius 2 is 1.02 bits per heavy atom. The molecule has 0 aliphatic carbocycles. The third-order valence-corrected chi connectivity index (χ3v) is 6.97. The second kappa shape index (κ2) is 36.8. The zero-order valence-electron chi connectivity index (χ0n) is 28.4. The van der Waals surface area contributed by atoms with Gasteiger partial charge in [-0.15, -0.1) is 0 Å². The quantitative estimate of drug-likeness (QED) is 0.0482. The molecule has 0 spiro atoms. The van der Waals surface area contributed by atoms with Gasteiger partial charge >= 0.3 is 5.97 Å². The molecular formula is C40H66O4. The van der Waals surface area contributed by atoms with Crippen molar-refractivity contribution >= 4 is 5.97 Å². The van der Waals surface area contributed by atoms with Gasteiger partial charge in [0.15, 0.2) is 0 Å². The molecule has 1 atom stereocenters. The Hall–Kier alpha value is -2.43. The highest BCUT2D eigenvalue weighted by Gasteiger charge is 2.13. The van der Waals surface area contributed by atoms with E-state index >= 15 is 0 Å².